The van der Waals surface area contributed by atoms with Crippen LogP contribution in [0.1, 0.15) is 12.8 Å². The lowest BCUT2D eigenvalue weighted by Gasteiger charge is -2.18. The third-order valence-corrected chi connectivity index (χ3v) is 2.81. The van der Waals surface area contributed by atoms with Crippen molar-refractivity contribution < 1.29 is 0 Å². The molecule has 1 aliphatic heterocycles. The summed E-state index contributed by atoms with van der Waals surface area (Å²) in [6.45, 7) is 2.60. The summed E-state index contributed by atoms with van der Waals surface area (Å²) in [5.41, 5.74) is 0. The molecule has 0 aromatic carbocycles. The standard InChI is InChI=1S/C7H15NS/c1-8-4-2-6-9-7-3-5-8/h2-7H2,1H3. The molecule has 0 unspecified atom stereocenters. The van der Waals surface area contributed by atoms with Gasteiger partial charge >= 0.3 is 0 Å². The molecule has 0 bridgehead atoms. The predicted molar refractivity (Wildman–Crippen MR) is 44.1 cm³/mol. The number of hydrogen-bond acceptors (Lipinski definition) is 2. The van der Waals surface area contributed by atoms with E-state index in [2.05, 4.69) is 23.7 Å². The van der Waals surface area contributed by atoms with Crippen LogP contribution in [-0.4, -0.2) is 36.5 Å². The van der Waals surface area contributed by atoms with Gasteiger partial charge in [-0.2, -0.15) is 11.8 Å². The van der Waals surface area contributed by atoms with Crippen molar-refractivity contribution in [3.8, 4) is 0 Å². The molecule has 1 heterocycles. The van der Waals surface area contributed by atoms with Gasteiger partial charge in [0.15, 0.2) is 0 Å². The van der Waals surface area contributed by atoms with Crippen molar-refractivity contribution in [1.29, 1.82) is 0 Å². The Morgan fingerprint density at radius 3 is 2.22 bits per heavy atom. The molecule has 0 saturated carbocycles. The first kappa shape index (κ1) is 7.42. The number of hydrogen-bond donors (Lipinski definition) is 0. The Bertz CT molecular complexity index is 67.3. The maximum atomic E-state index is 2.43. The molecular weight excluding hydrogens is 130 g/mol. The number of thioether (sulfide) groups is 1. The average molecular weight is 145 g/mol. The van der Waals surface area contributed by atoms with Crippen molar-refractivity contribution in [1.82, 2.24) is 4.90 Å². The average Bonchev–Trinajstić information content (AvgIpc) is 1.79. The van der Waals surface area contributed by atoms with E-state index in [9.17, 15) is 0 Å². The normalized spacial score (nSPS) is 25.0. The summed E-state index contributed by atoms with van der Waals surface area (Å²) in [6.07, 6.45) is 2.75. The lowest BCUT2D eigenvalue weighted by Crippen LogP contribution is -2.23. The van der Waals surface area contributed by atoms with E-state index in [1.54, 1.807) is 0 Å². The van der Waals surface area contributed by atoms with E-state index in [4.69, 9.17) is 0 Å². The van der Waals surface area contributed by atoms with Crippen LogP contribution >= 0.6 is 11.8 Å². The highest BCUT2D eigenvalue weighted by Crippen LogP contribution is 2.08. The van der Waals surface area contributed by atoms with Gasteiger partial charge in [-0.05, 0) is 44.5 Å². The van der Waals surface area contributed by atoms with Crippen molar-refractivity contribution in [3.63, 3.8) is 0 Å². The van der Waals surface area contributed by atoms with Gasteiger partial charge in [-0.3, -0.25) is 0 Å². The smallest absolute Gasteiger partial charge is 0.00139 e. The molecule has 2 heteroatoms. The second-order valence-corrected chi connectivity index (χ2v) is 3.85. The monoisotopic (exact) mass is 145 g/mol. The van der Waals surface area contributed by atoms with Crippen LogP contribution in [0.2, 0.25) is 0 Å². The molecule has 0 spiro atoms. The molecule has 54 valence electrons. The van der Waals surface area contributed by atoms with E-state index in [1.165, 1.54) is 37.4 Å². The van der Waals surface area contributed by atoms with E-state index >= 15 is 0 Å². The fraction of sp³-hybridized carbons (Fsp3) is 1.00. The minimum absolute atomic E-state index is 1.30. The third-order valence-electron chi connectivity index (χ3n) is 1.66. The number of nitrogens with zero attached hydrogens (tertiary/aromatic N) is 1. The molecule has 1 aliphatic rings. The van der Waals surface area contributed by atoms with E-state index in [-0.39, 0.29) is 0 Å². The van der Waals surface area contributed by atoms with Gasteiger partial charge in [0.25, 0.3) is 0 Å². The maximum absolute atomic E-state index is 2.43. The van der Waals surface area contributed by atoms with Gasteiger partial charge in [-0.1, -0.05) is 0 Å². The van der Waals surface area contributed by atoms with E-state index in [0.29, 0.717) is 0 Å². The third kappa shape index (κ3) is 3.11. The summed E-state index contributed by atoms with van der Waals surface area (Å²) >= 11 is 2.10. The van der Waals surface area contributed by atoms with Gasteiger partial charge in [0.2, 0.25) is 0 Å². The Kier molecular flexibility index (Phi) is 3.44. The Balaban J connectivity index is 2.12. The Labute approximate surface area is 61.8 Å². The van der Waals surface area contributed by atoms with Crippen molar-refractivity contribution in [2.75, 3.05) is 31.6 Å². The van der Waals surface area contributed by atoms with E-state index in [1.807, 2.05) is 0 Å². The van der Waals surface area contributed by atoms with Gasteiger partial charge in [0.05, 0.1) is 0 Å². The minimum Gasteiger partial charge on any atom is -0.306 e. The van der Waals surface area contributed by atoms with E-state index < -0.39 is 0 Å². The highest BCUT2D eigenvalue weighted by atomic mass is 32.2. The zero-order chi connectivity index (χ0) is 6.53. The van der Waals surface area contributed by atoms with Gasteiger partial charge in [-0.25, -0.2) is 0 Å². The molecule has 1 fully saturated rings. The van der Waals surface area contributed by atoms with Crippen molar-refractivity contribution in [2.45, 2.75) is 12.8 Å². The van der Waals surface area contributed by atoms with Crippen molar-refractivity contribution in [2.24, 2.45) is 0 Å². The van der Waals surface area contributed by atoms with Crippen LogP contribution in [0.5, 0.6) is 0 Å². The fourth-order valence-electron chi connectivity index (χ4n) is 1.09. The molecular formula is C7H15NS. The molecule has 0 radical (unpaired) electrons. The van der Waals surface area contributed by atoms with Crippen LogP contribution in [0.25, 0.3) is 0 Å². The predicted octanol–water partition coefficient (Wildman–Crippen LogP) is 1.45. The Hall–Kier alpha value is 0.310. The molecule has 1 nitrogen and oxygen atoms in total. The summed E-state index contributed by atoms with van der Waals surface area (Å²) < 4.78 is 0. The SMILES string of the molecule is CN1CCCSCCC1. The summed E-state index contributed by atoms with van der Waals surface area (Å²) in [5, 5.41) is 0. The molecule has 0 aromatic rings. The summed E-state index contributed by atoms with van der Waals surface area (Å²) in [6, 6.07) is 0. The number of rotatable bonds is 0. The zero-order valence-electron chi connectivity index (χ0n) is 6.10. The highest BCUT2D eigenvalue weighted by molar-refractivity contribution is 7.99. The Morgan fingerprint density at radius 2 is 1.67 bits per heavy atom. The molecule has 1 rings (SSSR count). The molecule has 0 aliphatic carbocycles. The van der Waals surface area contributed by atoms with Gasteiger partial charge in [0.1, 0.15) is 0 Å². The molecule has 0 atom stereocenters. The molecule has 0 aromatic heterocycles. The Morgan fingerprint density at radius 1 is 1.11 bits per heavy atom. The second-order valence-electron chi connectivity index (χ2n) is 2.62. The van der Waals surface area contributed by atoms with Crippen molar-refractivity contribution >= 4 is 11.8 Å². The molecule has 0 N–H and O–H groups in total. The first-order valence-electron chi connectivity index (χ1n) is 3.66. The van der Waals surface area contributed by atoms with Crippen LogP contribution < -0.4 is 0 Å². The topological polar surface area (TPSA) is 3.24 Å². The van der Waals surface area contributed by atoms with Gasteiger partial charge in [-0.15, -0.1) is 0 Å². The van der Waals surface area contributed by atoms with Crippen LogP contribution in [0, 0.1) is 0 Å². The largest absolute Gasteiger partial charge is 0.306 e. The zero-order valence-corrected chi connectivity index (χ0v) is 6.91. The quantitative estimate of drug-likeness (QED) is 0.507. The van der Waals surface area contributed by atoms with Crippen molar-refractivity contribution in [3.05, 3.63) is 0 Å². The second kappa shape index (κ2) is 4.18. The maximum Gasteiger partial charge on any atom is -0.00139 e. The molecule has 1 saturated heterocycles. The fourth-order valence-corrected chi connectivity index (χ4v) is 1.96. The van der Waals surface area contributed by atoms with Crippen LogP contribution in [0.4, 0.5) is 0 Å². The molecule has 9 heavy (non-hydrogen) atoms. The molecule has 0 amide bonds. The van der Waals surface area contributed by atoms with Crippen LogP contribution in [0.15, 0.2) is 0 Å². The van der Waals surface area contributed by atoms with Gasteiger partial charge < -0.3 is 4.90 Å². The first-order valence-corrected chi connectivity index (χ1v) is 4.81. The van der Waals surface area contributed by atoms with Crippen LogP contribution in [0.3, 0.4) is 0 Å². The minimum atomic E-state index is 1.30. The summed E-state index contributed by atoms with van der Waals surface area (Å²) in [7, 11) is 2.22. The van der Waals surface area contributed by atoms with E-state index in [0.717, 1.165) is 0 Å². The lowest BCUT2D eigenvalue weighted by atomic mass is 10.4. The van der Waals surface area contributed by atoms with Gasteiger partial charge in [0, 0.05) is 0 Å². The lowest BCUT2D eigenvalue weighted by molar-refractivity contribution is 0.335. The summed E-state index contributed by atoms with van der Waals surface area (Å²) in [5.74, 6) is 2.73. The summed E-state index contributed by atoms with van der Waals surface area (Å²) in [4.78, 5) is 2.43. The highest BCUT2D eigenvalue weighted by Gasteiger charge is 2.01. The first-order chi connectivity index (χ1) is 4.39. The van der Waals surface area contributed by atoms with Crippen LogP contribution in [-0.2, 0) is 0 Å².